The maximum absolute atomic E-state index is 11.4. The fourth-order valence-corrected chi connectivity index (χ4v) is 1.16. The van der Waals surface area contributed by atoms with E-state index >= 15 is 0 Å². The number of nitrogens with one attached hydrogen (secondary N) is 2. The van der Waals surface area contributed by atoms with E-state index in [4.69, 9.17) is 10.2 Å². The number of aliphatic carboxylic acids is 2. The Balaban J connectivity index is 2.44. The molecule has 1 aromatic rings. The number of amides is 2. The first-order chi connectivity index (χ1) is 8.88. The van der Waals surface area contributed by atoms with Crippen molar-refractivity contribution in [3.8, 4) is 0 Å². The topological polar surface area (TPSA) is 155 Å². The molecule has 1 heterocycles. The molecular formula is C9H12N4O6. The van der Waals surface area contributed by atoms with Crippen molar-refractivity contribution in [1.29, 1.82) is 0 Å². The summed E-state index contributed by atoms with van der Waals surface area (Å²) in [5, 5.41) is 25.0. The van der Waals surface area contributed by atoms with Crippen molar-refractivity contribution in [1.82, 2.24) is 20.8 Å². The monoisotopic (exact) mass is 272 g/mol. The van der Waals surface area contributed by atoms with Crippen molar-refractivity contribution in [3.63, 3.8) is 0 Å². The number of carbonyl (C=O) groups excluding carboxylic acids is 1. The van der Waals surface area contributed by atoms with Crippen molar-refractivity contribution < 1.29 is 29.1 Å². The van der Waals surface area contributed by atoms with Gasteiger partial charge in [-0.05, 0) is 0 Å². The Morgan fingerprint density at radius 2 is 2.05 bits per heavy atom. The molecule has 0 bridgehead atoms. The zero-order valence-corrected chi connectivity index (χ0v) is 9.91. The molecule has 1 rings (SSSR count). The van der Waals surface area contributed by atoms with Gasteiger partial charge >= 0.3 is 18.0 Å². The molecule has 0 radical (unpaired) electrons. The first kappa shape index (κ1) is 14.4. The first-order valence-corrected chi connectivity index (χ1v) is 5.16. The molecule has 0 saturated heterocycles. The van der Waals surface area contributed by atoms with Gasteiger partial charge in [0.2, 0.25) is 5.89 Å². The molecule has 1 aromatic heterocycles. The van der Waals surface area contributed by atoms with Crippen molar-refractivity contribution in [2.24, 2.45) is 0 Å². The predicted molar refractivity (Wildman–Crippen MR) is 58.1 cm³/mol. The Bertz CT molecular complexity index is 485. The third-order valence-corrected chi connectivity index (χ3v) is 1.96. The van der Waals surface area contributed by atoms with E-state index < -0.39 is 30.4 Å². The number of nitrogens with zero attached hydrogens (tertiary/aromatic N) is 2. The van der Waals surface area contributed by atoms with Gasteiger partial charge in [-0.15, -0.1) is 0 Å². The minimum absolute atomic E-state index is 0.0669. The van der Waals surface area contributed by atoms with E-state index in [1.54, 1.807) is 6.92 Å². The highest BCUT2D eigenvalue weighted by atomic mass is 16.5. The van der Waals surface area contributed by atoms with Crippen LogP contribution in [0.4, 0.5) is 4.79 Å². The fraction of sp³-hybridized carbons (Fsp3) is 0.444. The van der Waals surface area contributed by atoms with Gasteiger partial charge in [0.05, 0.1) is 13.0 Å². The summed E-state index contributed by atoms with van der Waals surface area (Å²) in [5.74, 6) is -2.22. The molecule has 10 heteroatoms. The number of aryl methyl sites for hydroxylation is 1. The summed E-state index contributed by atoms with van der Waals surface area (Å²) in [6.07, 6.45) is -0.718. The van der Waals surface area contributed by atoms with Crippen LogP contribution in [0.2, 0.25) is 0 Å². The van der Waals surface area contributed by atoms with Crippen LogP contribution in [0.15, 0.2) is 4.52 Å². The molecule has 0 aromatic carbocycles. The lowest BCUT2D eigenvalue weighted by Crippen LogP contribution is -2.46. The lowest BCUT2D eigenvalue weighted by Gasteiger charge is -2.12. The zero-order chi connectivity index (χ0) is 14.4. The maximum Gasteiger partial charge on any atom is 0.326 e. The van der Waals surface area contributed by atoms with Crippen LogP contribution in [0.1, 0.15) is 18.1 Å². The Labute approximate surface area is 106 Å². The number of aromatic nitrogens is 2. The molecule has 0 unspecified atom stereocenters. The van der Waals surface area contributed by atoms with Crippen LogP contribution in [0, 0.1) is 6.92 Å². The predicted octanol–water partition coefficient (Wildman–Crippen LogP) is -0.895. The van der Waals surface area contributed by atoms with Crippen molar-refractivity contribution in [2.75, 3.05) is 0 Å². The normalized spacial score (nSPS) is 11.6. The number of urea groups is 1. The number of carbonyl (C=O) groups is 3. The van der Waals surface area contributed by atoms with Crippen molar-refractivity contribution >= 4 is 18.0 Å². The molecule has 1 atom stereocenters. The molecule has 0 aliphatic carbocycles. The minimum Gasteiger partial charge on any atom is -0.481 e. The van der Waals surface area contributed by atoms with E-state index in [1.807, 2.05) is 5.32 Å². The van der Waals surface area contributed by atoms with Crippen LogP contribution in [0.3, 0.4) is 0 Å². The van der Waals surface area contributed by atoms with E-state index in [1.165, 1.54) is 0 Å². The molecule has 10 nitrogen and oxygen atoms in total. The van der Waals surface area contributed by atoms with Gasteiger partial charge in [0.15, 0.2) is 5.82 Å². The van der Waals surface area contributed by atoms with Gasteiger partial charge in [-0.1, -0.05) is 5.16 Å². The van der Waals surface area contributed by atoms with Gasteiger partial charge in [-0.2, -0.15) is 4.98 Å². The van der Waals surface area contributed by atoms with Gasteiger partial charge in [0.1, 0.15) is 6.04 Å². The average molecular weight is 272 g/mol. The van der Waals surface area contributed by atoms with E-state index in [9.17, 15) is 14.4 Å². The number of hydrogen-bond acceptors (Lipinski definition) is 6. The van der Waals surface area contributed by atoms with Gasteiger partial charge in [0, 0.05) is 6.92 Å². The van der Waals surface area contributed by atoms with Gasteiger partial charge in [-0.3, -0.25) is 4.79 Å². The Kier molecular flexibility index (Phi) is 4.80. The van der Waals surface area contributed by atoms with Gasteiger partial charge < -0.3 is 25.4 Å². The van der Waals surface area contributed by atoms with Gasteiger partial charge in [0.25, 0.3) is 0 Å². The summed E-state index contributed by atoms with van der Waals surface area (Å²) < 4.78 is 4.66. The minimum atomic E-state index is -1.51. The first-order valence-electron chi connectivity index (χ1n) is 5.16. The lowest BCUT2D eigenvalue weighted by atomic mass is 10.2. The summed E-state index contributed by atoms with van der Waals surface area (Å²) in [4.78, 5) is 36.3. The summed E-state index contributed by atoms with van der Waals surface area (Å²) in [6.45, 7) is 1.51. The largest absolute Gasteiger partial charge is 0.481 e. The smallest absolute Gasteiger partial charge is 0.326 e. The SMILES string of the molecule is Cc1nc(CNC(=O)N[C@H](CC(=O)O)C(=O)O)no1. The second kappa shape index (κ2) is 6.33. The number of hydrogen-bond donors (Lipinski definition) is 4. The lowest BCUT2D eigenvalue weighted by molar-refractivity contribution is -0.145. The van der Waals surface area contributed by atoms with Crippen molar-refractivity contribution in [3.05, 3.63) is 11.7 Å². The summed E-state index contributed by atoms with van der Waals surface area (Å²) in [5.41, 5.74) is 0. The molecule has 0 fully saturated rings. The van der Waals surface area contributed by atoms with Crippen LogP contribution in [0.5, 0.6) is 0 Å². The number of carboxylic acid groups (broad SMARTS) is 2. The number of rotatable bonds is 6. The van der Waals surface area contributed by atoms with Crippen LogP contribution in [-0.4, -0.2) is 44.4 Å². The summed E-state index contributed by atoms with van der Waals surface area (Å²) in [7, 11) is 0. The molecule has 0 aliphatic rings. The molecule has 2 amide bonds. The highest BCUT2D eigenvalue weighted by molar-refractivity contribution is 5.86. The maximum atomic E-state index is 11.4. The highest BCUT2D eigenvalue weighted by Crippen LogP contribution is 1.95. The molecular weight excluding hydrogens is 260 g/mol. The average Bonchev–Trinajstić information content (AvgIpc) is 2.71. The summed E-state index contributed by atoms with van der Waals surface area (Å²) >= 11 is 0. The van der Waals surface area contributed by atoms with E-state index in [0.717, 1.165) is 0 Å². The number of carboxylic acids is 2. The second-order valence-corrected chi connectivity index (χ2v) is 3.55. The van der Waals surface area contributed by atoms with Gasteiger partial charge in [-0.25, -0.2) is 9.59 Å². The van der Waals surface area contributed by atoms with Crippen LogP contribution in [0.25, 0.3) is 0 Å². The second-order valence-electron chi connectivity index (χ2n) is 3.55. The molecule has 19 heavy (non-hydrogen) atoms. The third kappa shape index (κ3) is 5.02. The fourth-order valence-electron chi connectivity index (χ4n) is 1.16. The standard InChI is InChI=1S/C9H12N4O6/c1-4-11-6(13-19-4)3-10-9(18)12-5(8(16)17)2-7(14)15/h5H,2-3H2,1H3,(H,14,15)(H,16,17)(H2,10,12,18)/t5-/m1/s1. The molecule has 4 N–H and O–H groups in total. The van der Waals surface area contributed by atoms with Crippen molar-refractivity contribution in [2.45, 2.75) is 25.9 Å². The molecule has 0 saturated carbocycles. The quantitative estimate of drug-likeness (QED) is 0.519. The third-order valence-electron chi connectivity index (χ3n) is 1.96. The molecule has 0 aliphatic heterocycles. The Morgan fingerprint density at radius 3 is 2.53 bits per heavy atom. The highest BCUT2D eigenvalue weighted by Gasteiger charge is 2.22. The Hall–Kier alpha value is -2.65. The van der Waals surface area contributed by atoms with E-state index in [2.05, 4.69) is 20.0 Å². The summed E-state index contributed by atoms with van der Waals surface area (Å²) in [6, 6.07) is -2.35. The molecule has 0 spiro atoms. The van der Waals surface area contributed by atoms with E-state index in [-0.39, 0.29) is 12.4 Å². The van der Waals surface area contributed by atoms with Crippen LogP contribution >= 0.6 is 0 Å². The Morgan fingerprint density at radius 1 is 1.37 bits per heavy atom. The van der Waals surface area contributed by atoms with E-state index in [0.29, 0.717) is 5.89 Å². The zero-order valence-electron chi connectivity index (χ0n) is 9.91. The van der Waals surface area contributed by atoms with Crippen LogP contribution in [-0.2, 0) is 16.1 Å². The van der Waals surface area contributed by atoms with Crippen LogP contribution < -0.4 is 10.6 Å². The molecule has 104 valence electrons.